The molecular weight excluding hydrogens is 308 g/mol. The minimum absolute atomic E-state index is 0.0875. The smallest absolute Gasteiger partial charge is 0.272 e. The van der Waals surface area contributed by atoms with Crippen molar-refractivity contribution in [2.24, 2.45) is 0 Å². The number of nitrogens with one attached hydrogen (secondary N) is 1. The van der Waals surface area contributed by atoms with E-state index < -0.39 is 0 Å². The molecule has 3 heterocycles. The Kier molecular flexibility index (Phi) is 5.77. The standard InChI is InChI=1S/C17H24N4O3/c22-16(18-6-9-20-10-12-24-13-11-20)14-4-3-5-15(19-14)17(23)21-7-1-2-8-21/h3-5H,1-2,6-13H2,(H,18,22). The molecule has 7 nitrogen and oxygen atoms in total. The van der Waals surface area contributed by atoms with Gasteiger partial charge in [-0.05, 0) is 25.0 Å². The van der Waals surface area contributed by atoms with Gasteiger partial charge >= 0.3 is 0 Å². The van der Waals surface area contributed by atoms with E-state index in [0.717, 1.165) is 58.8 Å². The number of carbonyl (C=O) groups excluding carboxylic acids is 2. The second-order valence-electron chi connectivity index (χ2n) is 6.12. The Morgan fingerprint density at radius 1 is 1.08 bits per heavy atom. The molecule has 7 heteroatoms. The van der Waals surface area contributed by atoms with Crippen molar-refractivity contribution in [1.82, 2.24) is 20.1 Å². The molecule has 0 saturated carbocycles. The molecule has 1 N–H and O–H groups in total. The number of rotatable bonds is 5. The third kappa shape index (κ3) is 4.30. The lowest BCUT2D eigenvalue weighted by atomic mass is 10.2. The number of pyridine rings is 1. The molecule has 2 amide bonds. The van der Waals surface area contributed by atoms with Gasteiger partial charge in [-0.15, -0.1) is 0 Å². The molecule has 3 rings (SSSR count). The Labute approximate surface area is 142 Å². The third-order valence-corrected chi connectivity index (χ3v) is 4.41. The third-order valence-electron chi connectivity index (χ3n) is 4.41. The van der Waals surface area contributed by atoms with Gasteiger partial charge in [0.2, 0.25) is 0 Å². The molecule has 24 heavy (non-hydrogen) atoms. The topological polar surface area (TPSA) is 74.8 Å². The fraction of sp³-hybridized carbons (Fsp3) is 0.588. The summed E-state index contributed by atoms with van der Waals surface area (Å²) in [5.41, 5.74) is 0.639. The molecule has 1 aromatic rings. The number of ether oxygens (including phenoxy) is 1. The van der Waals surface area contributed by atoms with Crippen LogP contribution in [0.4, 0.5) is 0 Å². The van der Waals surface area contributed by atoms with Gasteiger partial charge in [0, 0.05) is 39.3 Å². The van der Waals surface area contributed by atoms with E-state index in [4.69, 9.17) is 4.74 Å². The van der Waals surface area contributed by atoms with Crippen LogP contribution in [0.25, 0.3) is 0 Å². The number of hydrogen-bond acceptors (Lipinski definition) is 5. The summed E-state index contributed by atoms with van der Waals surface area (Å²) >= 11 is 0. The molecule has 0 spiro atoms. The van der Waals surface area contributed by atoms with Crippen LogP contribution in [0.1, 0.15) is 33.8 Å². The first-order valence-corrected chi connectivity index (χ1v) is 8.59. The summed E-state index contributed by atoms with van der Waals surface area (Å²) in [7, 11) is 0. The van der Waals surface area contributed by atoms with Crippen molar-refractivity contribution in [2.75, 3.05) is 52.5 Å². The summed E-state index contributed by atoms with van der Waals surface area (Å²) in [6.07, 6.45) is 2.07. The van der Waals surface area contributed by atoms with Gasteiger partial charge in [0.25, 0.3) is 11.8 Å². The number of amides is 2. The van der Waals surface area contributed by atoms with E-state index in [9.17, 15) is 9.59 Å². The van der Waals surface area contributed by atoms with Gasteiger partial charge < -0.3 is 15.0 Å². The summed E-state index contributed by atoms with van der Waals surface area (Å²) < 4.78 is 5.30. The highest BCUT2D eigenvalue weighted by Crippen LogP contribution is 2.12. The largest absolute Gasteiger partial charge is 0.379 e. The summed E-state index contributed by atoms with van der Waals surface area (Å²) in [4.78, 5) is 32.9. The maximum absolute atomic E-state index is 12.4. The van der Waals surface area contributed by atoms with Crippen molar-refractivity contribution < 1.29 is 14.3 Å². The highest BCUT2D eigenvalue weighted by molar-refractivity contribution is 5.96. The lowest BCUT2D eigenvalue weighted by molar-refractivity contribution is 0.0383. The van der Waals surface area contributed by atoms with Crippen molar-refractivity contribution in [3.63, 3.8) is 0 Å². The van der Waals surface area contributed by atoms with Gasteiger partial charge in [0.15, 0.2) is 0 Å². The Morgan fingerprint density at radius 3 is 2.54 bits per heavy atom. The van der Waals surface area contributed by atoms with Crippen molar-refractivity contribution in [3.05, 3.63) is 29.6 Å². The predicted molar refractivity (Wildman–Crippen MR) is 89.0 cm³/mol. The molecule has 2 aliphatic heterocycles. The minimum atomic E-state index is -0.237. The van der Waals surface area contributed by atoms with Crippen LogP contribution in [-0.4, -0.2) is 79.1 Å². The molecule has 130 valence electrons. The molecule has 0 unspecified atom stereocenters. The van der Waals surface area contributed by atoms with Crippen LogP contribution in [-0.2, 0) is 4.74 Å². The molecule has 2 fully saturated rings. The molecule has 2 saturated heterocycles. The lowest BCUT2D eigenvalue weighted by Gasteiger charge is -2.26. The monoisotopic (exact) mass is 332 g/mol. The maximum atomic E-state index is 12.4. The average molecular weight is 332 g/mol. The zero-order chi connectivity index (χ0) is 16.8. The van der Waals surface area contributed by atoms with Crippen LogP contribution in [0.3, 0.4) is 0 Å². The average Bonchev–Trinajstić information content (AvgIpc) is 3.16. The number of carbonyl (C=O) groups is 2. The normalized spacial score (nSPS) is 18.6. The van der Waals surface area contributed by atoms with E-state index in [1.165, 1.54) is 0 Å². The number of hydrogen-bond donors (Lipinski definition) is 1. The number of aromatic nitrogens is 1. The summed E-state index contributed by atoms with van der Waals surface area (Å²) in [5, 5.41) is 2.87. The van der Waals surface area contributed by atoms with E-state index >= 15 is 0 Å². The van der Waals surface area contributed by atoms with Crippen LogP contribution in [0, 0.1) is 0 Å². The van der Waals surface area contributed by atoms with Crippen molar-refractivity contribution in [1.29, 1.82) is 0 Å². The predicted octanol–water partition coefficient (Wildman–Crippen LogP) is 0.380. The van der Waals surface area contributed by atoms with Gasteiger partial charge in [-0.2, -0.15) is 0 Å². The van der Waals surface area contributed by atoms with E-state index in [1.807, 2.05) is 0 Å². The van der Waals surface area contributed by atoms with Gasteiger partial charge in [0.1, 0.15) is 11.4 Å². The van der Waals surface area contributed by atoms with Gasteiger partial charge in [-0.1, -0.05) is 6.07 Å². The van der Waals surface area contributed by atoms with E-state index in [2.05, 4.69) is 15.2 Å². The fourth-order valence-corrected chi connectivity index (χ4v) is 3.01. The van der Waals surface area contributed by atoms with E-state index in [1.54, 1.807) is 23.1 Å². The van der Waals surface area contributed by atoms with Crippen LogP contribution < -0.4 is 5.32 Å². The number of likely N-dealkylation sites (tertiary alicyclic amines) is 1. The quantitative estimate of drug-likeness (QED) is 0.844. The molecule has 0 aromatic carbocycles. The SMILES string of the molecule is O=C(NCCN1CCOCC1)c1cccc(C(=O)N2CCCC2)n1. The van der Waals surface area contributed by atoms with Crippen molar-refractivity contribution in [3.8, 4) is 0 Å². The molecule has 0 aliphatic carbocycles. The molecule has 0 atom stereocenters. The second-order valence-corrected chi connectivity index (χ2v) is 6.12. The highest BCUT2D eigenvalue weighted by atomic mass is 16.5. The summed E-state index contributed by atoms with van der Waals surface area (Å²) in [6, 6.07) is 5.03. The van der Waals surface area contributed by atoms with Crippen molar-refractivity contribution >= 4 is 11.8 Å². The summed E-state index contributed by atoms with van der Waals surface area (Å²) in [5.74, 6) is -0.324. The van der Waals surface area contributed by atoms with Gasteiger partial charge in [-0.25, -0.2) is 4.98 Å². The minimum Gasteiger partial charge on any atom is -0.379 e. The lowest BCUT2D eigenvalue weighted by Crippen LogP contribution is -2.41. The Balaban J connectivity index is 1.52. The first-order valence-electron chi connectivity index (χ1n) is 8.59. The Morgan fingerprint density at radius 2 is 1.79 bits per heavy atom. The molecule has 0 bridgehead atoms. The van der Waals surface area contributed by atoms with Gasteiger partial charge in [-0.3, -0.25) is 14.5 Å². The fourth-order valence-electron chi connectivity index (χ4n) is 3.01. The van der Waals surface area contributed by atoms with Crippen LogP contribution in [0.5, 0.6) is 0 Å². The zero-order valence-corrected chi connectivity index (χ0v) is 13.9. The zero-order valence-electron chi connectivity index (χ0n) is 13.9. The summed E-state index contributed by atoms with van der Waals surface area (Å²) in [6.45, 7) is 6.19. The molecule has 2 aliphatic rings. The second kappa shape index (κ2) is 8.21. The van der Waals surface area contributed by atoms with Gasteiger partial charge in [0.05, 0.1) is 13.2 Å². The van der Waals surface area contributed by atoms with E-state index in [-0.39, 0.29) is 11.8 Å². The number of nitrogens with zero attached hydrogens (tertiary/aromatic N) is 3. The first-order chi connectivity index (χ1) is 11.7. The Hall–Kier alpha value is -1.99. The van der Waals surface area contributed by atoms with Crippen LogP contribution >= 0.6 is 0 Å². The molecular formula is C17H24N4O3. The van der Waals surface area contributed by atoms with Crippen molar-refractivity contribution in [2.45, 2.75) is 12.8 Å². The van der Waals surface area contributed by atoms with Crippen LogP contribution in [0.15, 0.2) is 18.2 Å². The highest BCUT2D eigenvalue weighted by Gasteiger charge is 2.21. The Bertz CT molecular complexity index is 581. The molecule has 1 aromatic heterocycles. The molecule has 0 radical (unpaired) electrons. The van der Waals surface area contributed by atoms with Crippen LogP contribution in [0.2, 0.25) is 0 Å². The van der Waals surface area contributed by atoms with E-state index in [0.29, 0.717) is 17.9 Å². The number of morpholine rings is 1. The first kappa shape index (κ1) is 16.9. The maximum Gasteiger partial charge on any atom is 0.272 e.